The van der Waals surface area contributed by atoms with Crippen molar-refractivity contribution in [3.63, 3.8) is 0 Å². The number of ether oxygens (including phenoxy) is 2. The van der Waals surface area contributed by atoms with Crippen molar-refractivity contribution in [2.75, 3.05) is 19.0 Å². The first-order valence-corrected chi connectivity index (χ1v) is 9.52. The second-order valence-corrected chi connectivity index (χ2v) is 6.94. The van der Waals surface area contributed by atoms with E-state index in [1.165, 1.54) is 37.4 Å². The number of aryl methyl sites for hydroxylation is 2. The Kier molecular flexibility index (Phi) is 6.66. The van der Waals surface area contributed by atoms with Crippen LogP contribution in [0.1, 0.15) is 32.2 Å². The molecule has 0 unspecified atom stereocenters. The molecule has 0 bridgehead atoms. The number of amides is 1. The summed E-state index contributed by atoms with van der Waals surface area (Å²) in [6, 6.07) is 11.1. The second-order valence-electron chi connectivity index (χ2n) is 6.53. The van der Waals surface area contributed by atoms with Crippen LogP contribution in [0.3, 0.4) is 0 Å². The average Bonchev–Trinajstić information content (AvgIpc) is 3.10. The van der Waals surface area contributed by atoms with Gasteiger partial charge in [-0.25, -0.2) is 19.3 Å². The van der Waals surface area contributed by atoms with Gasteiger partial charge in [0.2, 0.25) is 0 Å². The van der Waals surface area contributed by atoms with E-state index in [0.29, 0.717) is 17.1 Å². The molecule has 2 heterocycles. The smallest absolute Gasteiger partial charge is 0.359 e. The first kappa shape index (κ1) is 22.0. The SMILES string of the molecule is COC(=O)c1ccc(NC(=O)COC(=O)c2nc(-n3nc(C)cc3C)ccc2Cl)cc1. The molecule has 0 atom stereocenters. The number of anilines is 1. The number of rotatable bonds is 6. The Labute approximate surface area is 182 Å². The average molecular weight is 443 g/mol. The molecule has 0 aliphatic carbocycles. The molecule has 0 aliphatic heterocycles. The van der Waals surface area contributed by atoms with Crippen LogP contribution in [-0.2, 0) is 14.3 Å². The minimum atomic E-state index is -0.843. The molecule has 1 amide bonds. The standard InChI is InChI=1S/C21H19ClN4O5/c1-12-10-13(2)26(25-12)17-9-8-16(22)19(24-17)21(29)31-11-18(27)23-15-6-4-14(5-7-15)20(28)30-3/h4-10H,11H2,1-3H3,(H,23,27). The fraction of sp³-hybridized carbons (Fsp3) is 0.190. The Balaban J connectivity index is 1.64. The van der Waals surface area contributed by atoms with Crippen LogP contribution in [0, 0.1) is 13.8 Å². The van der Waals surface area contributed by atoms with Crippen molar-refractivity contribution in [3.05, 3.63) is 70.1 Å². The van der Waals surface area contributed by atoms with E-state index in [-0.39, 0.29) is 10.7 Å². The number of aromatic nitrogens is 3. The number of carbonyl (C=O) groups excluding carboxylic acids is 3. The first-order valence-electron chi connectivity index (χ1n) is 9.14. The van der Waals surface area contributed by atoms with Crippen LogP contribution < -0.4 is 5.32 Å². The number of benzene rings is 1. The molecule has 0 aliphatic rings. The van der Waals surface area contributed by atoms with E-state index in [2.05, 4.69) is 20.1 Å². The highest BCUT2D eigenvalue weighted by Crippen LogP contribution is 2.19. The maximum absolute atomic E-state index is 12.4. The summed E-state index contributed by atoms with van der Waals surface area (Å²) in [5, 5.41) is 6.97. The Morgan fingerprint density at radius 1 is 1.06 bits per heavy atom. The number of hydrogen-bond acceptors (Lipinski definition) is 7. The molecule has 0 fully saturated rings. The van der Waals surface area contributed by atoms with Gasteiger partial charge in [0.1, 0.15) is 0 Å². The second kappa shape index (κ2) is 9.40. The van der Waals surface area contributed by atoms with E-state index in [1.54, 1.807) is 10.7 Å². The lowest BCUT2D eigenvalue weighted by molar-refractivity contribution is -0.119. The van der Waals surface area contributed by atoms with Gasteiger partial charge in [-0.2, -0.15) is 5.10 Å². The summed E-state index contributed by atoms with van der Waals surface area (Å²) < 4.78 is 11.2. The molecule has 3 rings (SSSR count). The number of nitrogens with zero attached hydrogens (tertiary/aromatic N) is 3. The Bertz CT molecular complexity index is 1140. The van der Waals surface area contributed by atoms with Gasteiger partial charge in [0, 0.05) is 11.4 Å². The fourth-order valence-electron chi connectivity index (χ4n) is 2.76. The quantitative estimate of drug-likeness (QED) is 0.583. The van der Waals surface area contributed by atoms with Gasteiger partial charge in [-0.05, 0) is 56.3 Å². The highest BCUT2D eigenvalue weighted by atomic mass is 35.5. The zero-order chi connectivity index (χ0) is 22.5. The van der Waals surface area contributed by atoms with Crippen LogP contribution in [0.5, 0.6) is 0 Å². The van der Waals surface area contributed by atoms with Crippen molar-refractivity contribution >= 4 is 35.1 Å². The summed E-state index contributed by atoms with van der Waals surface area (Å²) in [7, 11) is 1.28. The van der Waals surface area contributed by atoms with Crippen molar-refractivity contribution < 1.29 is 23.9 Å². The van der Waals surface area contributed by atoms with Crippen molar-refractivity contribution in [1.29, 1.82) is 0 Å². The van der Waals surface area contributed by atoms with Crippen molar-refractivity contribution in [1.82, 2.24) is 14.8 Å². The molecule has 9 nitrogen and oxygen atoms in total. The highest BCUT2D eigenvalue weighted by molar-refractivity contribution is 6.33. The summed E-state index contributed by atoms with van der Waals surface area (Å²) in [5.74, 6) is -1.49. The molecule has 1 aromatic carbocycles. The van der Waals surface area contributed by atoms with E-state index < -0.39 is 24.5 Å². The first-order chi connectivity index (χ1) is 14.8. The zero-order valence-corrected chi connectivity index (χ0v) is 17.8. The van der Waals surface area contributed by atoms with E-state index >= 15 is 0 Å². The summed E-state index contributed by atoms with van der Waals surface area (Å²) in [6.45, 7) is 3.16. The lowest BCUT2D eigenvalue weighted by Crippen LogP contribution is -2.22. The minimum Gasteiger partial charge on any atom is -0.465 e. The summed E-state index contributed by atoms with van der Waals surface area (Å²) in [4.78, 5) is 40.2. The minimum absolute atomic E-state index is 0.0917. The molecule has 0 radical (unpaired) electrons. The summed E-state index contributed by atoms with van der Waals surface area (Å²) >= 11 is 6.09. The Hall–Kier alpha value is -3.72. The van der Waals surface area contributed by atoms with Crippen LogP contribution in [0.4, 0.5) is 5.69 Å². The lowest BCUT2D eigenvalue weighted by Gasteiger charge is -2.09. The van der Waals surface area contributed by atoms with Gasteiger partial charge in [-0.15, -0.1) is 0 Å². The summed E-state index contributed by atoms with van der Waals surface area (Å²) in [5.41, 5.74) is 2.28. The number of nitrogens with one attached hydrogen (secondary N) is 1. The van der Waals surface area contributed by atoms with Gasteiger partial charge in [-0.3, -0.25) is 4.79 Å². The van der Waals surface area contributed by atoms with Gasteiger partial charge >= 0.3 is 11.9 Å². The van der Waals surface area contributed by atoms with E-state index in [0.717, 1.165) is 11.4 Å². The third-order valence-electron chi connectivity index (χ3n) is 4.18. The third-order valence-corrected chi connectivity index (χ3v) is 4.48. The summed E-state index contributed by atoms with van der Waals surface area (Å²) in [6.07, 6.45) is 0. The predicted octanol–water partition coefficient (Wildman–Crippen LogP) is 3.12. The maximum atomic E-state index is 12.4. The maximum Gasteiger partial charge on any atom is 0.359 e. The van der Waals surface area contributed by atoms with Crippen LogP contribution in [0.2, 0.25) is 5.02 Å². The molecular weight excluding hydrogens is 424 g/mol. The van der Waals surface area contributed by atoms with Gasteiger partial charge < -0.3 is 14.8 Å². The normalized spacial score (nSPS) is 10.5. The third kappa shape index (κ3) is 5.26. The molecule has 31 heavy (non-hydrogen) atoms. The van der Waals surface area contributed by atoms with E-state index in [9.17, 15) is 14.4 Å². The van der Waals surface area contributed by atoms with E-state index in [4.69, 9.17) is 16.3 Å². The number of halogens is 1. The molecule has 0 saturated carbocycles. The topological polar surface area (TPSA) is 112 Å². The van der Waals surface area contributed by atoms with Gasteiger partial charge in [0.15, 0.2) is 18.1 Å². The zero-order valence-electron chi connectivity index (χ0n) is 17.0. The lowest BCUT2D eigenvalue weighted by atomic mass is 10.2. The van der Waals surface area contributed by atoms with Crippen LogP contribution in [0.25, 0.3) is 5.82 Å². The number of esters is 2. The molecule has 0 saturated heterocycles. The molecule has 0 spiro atoms. The van der Waals surface area contributed by atoms with Gasteiger partial charge in [0.25, 0.3) is 5.91 Å². The Morgan fingerprint density at radius 3 is 2.39 bits per heavy atom. The highest BCUT2D eigenvalue weighted by Gasteiger charge is 2.18. The monoisotopic (exact) mass is 442 g/mol. The number of methoxy groups -OCH3 is 1. The van der Waals surface area contributed by atoms with Crippen LogP contribution in [-0.4, -0.2) is 46.3 Å². The largest absolute Gasteiger partial charge is 0.465 e. The molecular formula is C21H19ClN4O5. The molecule has 10 heteroatoms. The van der Waals surface area contributed by atoms with Gasteiger partial charge in [0.05, 0.1) is 23.4 Å². The molecule has 2 aromatic heterocycles. The molecule has 160 valence electrons. The van der Waals surface area contributed by atoms with Crippen LogP contribution in [0.15, 0.2) is 42.5 Å². The fourth-order valence-corrected chi connectivity index (χ4v) is 2.94. The Morgan fingerprint density at radius 2 is 1.77 bits per heavy atom. The molecule has 1 N–H and O–H groups in total. The number of hydrogen-bond donors (Lipinski definition) is 1. The predicted molar refractivity (Wildman–Crippen MR) is 113 cm³/mol. The van der Waals surface area contributed by atoms with Crippen molar-refractivity contribution in [2.45, 2.75) is 13.8 Å². The van der Waals surface area contributed by atoms with Crippen molar-refractivity contribution in [2.24, 2.45) is 0 Å². The van der Waals surface area contributed by atoms with Crippen molar-refractivity contribution in [3.8, 4) is 5.82 Å². The molecule has 3 aromatic rings. The van der Waals surface area contributed by atoms with Gasteiger partial charge in [-0.1, -0.05) is 11.6 Å². The van der Waals surface area contributed by atoms with Crippen LogP contribution >= 0.6 is 11.6 Å². The number of carbonyl (C=O) groups is 3. The number of pyridine rings is 1. The van der Waals surface area contributed by atoms with E-state index in [1.807, 2.05) is 19.9 Å².